The summed E-state index contributed by atoms with van der Waals surface area (Å²) in [6, 6.07) is 10.9. The van der Waals surface area contributed by atoms with E-state index in [-0.39, 0.29) is 23.6 Å². The van der Waals surface area contributed by atoms with Crippen molar-refractivity contribution in [3.63, 3.8) is 0 Å². The van der Waals surface area contributed by atoms with E-state index in [2.05, 4.69) is 24.1 Å². The molecule has 5 rings (SSSR count). The fraction of sp³-hybridized carbons (Fsp3) is 0.375. The number of ether oxygens (including phenoxy) is 3. The summed E-state index contributed by atoms with van der Waals surface area (Å²) < 4.78 is 17.9. The van der Waals surface area contributed by atoms with E-state index in [9.17, 15) is 4.79 Å². The molecule has 0 saturated carbocycles. The SMILES string of the molecule is COc1ccc2c3c1O[C@H]1CC(OC(=O)c4ccc(N)cc4)C=C[C@@]31CCN(C)C2. The summed E-state index contributed by atoms with van der Waals surface area (Å²) in [5, 5.41) is 0. The van der Waals surface area contributed by atoms with Crippen molar-refractivity contribution in [3.8, 4) is 11.5 Å². The van der Waals surface area contributed by atoms with Gasteiger partial charge in [0.15, 0.2) is 11.5 Å². The summed E-state index contributed by atoms with van der Waals surface area (Å²) in [6.07, 6.45) is 5.36. The molecule has 0 fully saturated rings. The average Bonchev–Trinajstić information content (AvgIpc) is 3.00. The maximum absolute atomic E-state index is 12.6. The van der Waals surface area contributed by atoms with Crippen LogP contribution < -0.4 is 15.2 Å². The van der Waals surface area contributed by atoms with Crippen molar-refractivity contribution < 1.29 is 19.0 Å². The number of nitrogen functional groups attached to an aromatic ring is 1. The van der Waals surface area contributed by atoms with Gasteiger partial charge < -0.3 is 24.8 Å². The Morgan fingerprint density at radius 2 is 2.03 bits per heavy atom. The van der Waals surface area contributed by atoms with Crippen molar-refractivity contribution in [2.75, 3.05) is 26.4 Å². The van der Waals surface area contributed by atoms with Gasteiger partial charge in [-0.3, -0.25) is 0 Å². The molecule has 156 valence electrons. The molecule has 2 aliphatic heterocycles. The van der Waals surface area contributed by atoms with Gasteiger partial charge in [-0.25, -0.2) is 4.79 Å². The van der Waals surface area contributed by atoms with E-state index >= 15 is 0 Å². The Labute approximate surface area is 176 Å². The highest BCUT2D eigenvalue weighted by molar-refractivity contribution is 5.90. The van der Waals surface area contributed by atoms with Crippen LogP contribution in [-0.2, 0) is 16.7 Å². The normalized spacial score (nSPS) is 26.9. The molecule has 0 bridgehead atoms. The van der Waals surface area contributed by atoms with E-state index in [0.29, 0.717) is 17.7 Å². The van der Waals surface area contributed by atoms with Gasteiger partial charge in [0.05, 0.1) is 18.1 Å². The molecule has 3 atom stereocenters. The molecule has 6 nitrogen and oxygen atoms in total. The number of rotatable bonds is 3. The van der Waals surface area contributed by atoms with Crippen LogP contribution in [0.3, 0.4) is 0 Å². The third-order valence-electron chi connectivity index (χ3n) is 6.53. The van der Waals surface area contributed by atoms with E-state index in [0.717, 1.165) is 31.0 Å². The van der Waals surface area contributed by atoms with E-state index in [1.165, 1.54) is 11.1 Å². The third-order valence-corrected chi connectivity index (χ3v) is 6.53. The molecule has 1 spiro atoms. The van der Waals surface area contributed by atoms with Crippen LogP contribution in [0.15, 0.2) is 48.6 Å². The minimum absolute atomic E-state index is 0.0942. The topological polar surface area (TPSA) is 74.0 Å². The number of carbonyl (C=O) groups is 1. The third kappa shape index (κ3) is 2.94. The maximum Gasteiger partial charge on any atom is 0.338 e. The first-order valence-corrected chi connectivity index (χ1v) is 10.3. The predicted octanol–water partition coefficient (Wildman–Crippen LogP) is 3.30. The Bertz CT molecular complexity index is 1020. The summed E-state index contributed by atoms with van der Waals surface area (Å²) >= 11 is 0. The van der Waals surface area contributed by atoms with Crippen LogP contribution in [0.4, 0.5) is 5.69 Å². The van der Waals surface area contributed by atoms with Gasteiger partial charge in [-0.05, 0) is 62.0 Å². The van der Waals surface area contributed by atoms with Crippen molar-refractivity contribution in [3.05, 3.63) is 65.2 Å². The van der Waals surface area contributed by atoms with Crippen LogP contribution in [0.1, 0.15) is 34.3 Å². The minimum Gasteiger partial charge on any atom is -0.493 e. The number of anilines is 1. The number of methoxy groups -OCH3 is 1. The molecule has 2 N–H and O–H groups in total. The second-order valence-corrected chi connectivity index (χ2v) is 8.43. The molecule has 0 radical (unpaired) electrons. The highest BCUT2D eigenvalue weighted by Gasteiger charge is 2.53. The van der Waals surface area contributed by atoms with Crippen molar-refractivity contribution in [1.82, 2.24) is 4.90 Å². The average molecular weight is 406 g/mol. The number of hydrogen-bond donors (Lipinski definition) is 1. The second-order valence-electron chi connectivity index (χ2n) is 8.43. The Kier molecular flexibility index (Phi) is 4.47. The molecule has 2 heterocycles. The first-order valence-electron chi connectivity index (χ1n) is 10.3. The standard InChI is InChI=1S/C24H26N2O4/c1-26-12-11-24-10-9-18(29-23(27)15-3-6-17(25)7-4-15)13-20(24)30-22-19(28-2)8-5-16(14-26)21(22)24/h3-10,18,20H,11-14,25H2,1-2H3/t18?,20-,24-/m0/s1. The highest BCUT2D eigenvalue weighted by Crippen LogP contribution is 2.55. The predicted molar refractivity (Wildman–Crippen MR) is 114 cm³/mol. The van der Waals surface area contributed by atoms with Gasteiger partial charge in [0, 0.05) is 24.2 Å². The molecule has 1 unspecified atom stereocenters. The van der Waals surface area contributed by atoms with Crippen LogP contribution in [0.5, 0.6) is 11.5 Å². The van der Waals surface area contributed by atoms with Gasteiger partial charge in [0.1, 0.15) is 12.2 Å². The fourth-order valence-corrected chi connectivity index (χ4v) is 4.98. The van der Waals surface area contributed by atoms with Crippen molar-refractivity contribution in [1.29, 1.82) is 0 Å². The molecule has 30 heavy (non-hydrogen) atoms. The highest BCUT2D eigenvalue weighted by atomic mass is 16.6. The van der Waals surface area contributed by atoms with E-state index in [4.69, 9.17) is 19.9 Å². The van der Waals surface area contributed by atoms with Crippen LogP contribution >= 0.6 is 0 Å². The van der Waals surface area contributed by atoms with Crippen molar-refractivity contribution in [2.24, 2.45) is 0 Å². The Morgan fingerprint density at radius 3 is 2.80 bits per heavy atom. The zero-order valence-electron chi connectivity index (χ0n) is 17.3. The molecular formula is C24H26N2O4. The minimum atomic E-state index is -0.352. The number of hydrogen-bond acceptors (Lipinski definition) is 6. The molecule has 2 aromatic carbocycles. The molecule has 1 aliphatic carbocycles. The van der Waals surface area contributed by atoms with Gasteiger partial charge in [0.25, 0.3) is 0 Å². The second kappa shape index (κ2) is 7.06. The monoisotopic (exact) mass is 406 g/mol. The maximum atomic E-state index is 12.6. The van der Waals surface area contributed by atoms with Gasteiger partial charge in [-0.2, -0.15) is 0 Å². The number of nitrogens with zero attached hydrogens (tertiary/aromatic N) is 1. The summed E-state index contributed by atoms with van der Waals surface area (Å²) in [5.74, 6) is 1.25. The lowest BCUT2D eigenvalue weighted by Gasteiger charge is -2.36. The molecule has 3 aliphatic rings. The van der Waals surface area contributed by atoms with Gasteiger partial charge in [-0.15, -0.1) is 0 Å². The zero-order valence-corrected chi connectivity index (χ0v) is 17.3. The number of benzene rings is 2. The lowest BCUT2D eigenvalue weighted by Crippen LogP contribution is -2.43. The lowest BCUT2D eigenvalue weighted by molar-refractivity contribution is 0.0218. The summed E-state index contributed by atoms with van der Waals surface area (Å²) in [5.41, 5.74) is 9.11. The number of esters is 1. The molecule has 6 heteroatoms. The van der Waals surface area contributed by atoms with Crippen LogP contribution in [-0.4, -0.2) is 43.8 Å². The summed E-state index contributed by atoms with van der Waals surface area (Å²) in [7, 11) is 3.82. The molecule has 0 aromatic heterocycles. The van der Waals surface area contributed by atoms with Crippen molar-refractivity contribution in [2.45, 2.75) is 37.0 Å². The first kappa shape index (κ1) is 19.0. The first-order chi connectivity index (χ1) is 14.5. The fourth-order valence-electron chi connectivity index (χ4n) is 4.98. The summed E-state index contributed by atoms with van der Waals surface area (Å²) in [6.45, 7) is 1.85. The molecule has 0 amide bonds. The van der Waals surface area contributed by atoms with Gasteiger partial charge in [-0.1, -0.05) is 12.1 Å². The molecule has 2 aromatic rings. The largest absolute Gasteiger partial charge is 0.493 e. The number of carbonyl (C=O) groups excluding carboxylic acids is 1. The zero-order chi connectivity index (χ0) is 20.9. The quantitative estimate of drug-likeness (QED) is 0.479. The Hall–Kier alpha value is -2.99. The summed E-state index contributed by atoms with van der Waals surface area (Å²) in [4.78, 5) is 14.9. The lowest BCUT2D eigenvalue weighted by atomic mass is 9.69. The van der Waals surface area contributed by atoms with Crippen LogP contribution in [0.2, 0.25) is 0 Å². The van der Waals surface area contributed by atoms with Crippen LogP contribution in [0, 0.1) is 0 Å². The van der Waals surface area contributed by atoms with Gasteiger partial charge >= 0.3 is 5.97 Å². The van der Waals surface area contributed by atoms with Gasteiger partial charge in [0.2, 0.25) is 0 Å². The van der Waals surface area contributed by atoms with E-state index < -0.39 is 0 Å². The van der Waals surface area contributed by atoms with Crippen molar-refractivity contribution >= 4 is 11.7 Å². The Morgan fingerprint density at radius 1 is 1.23 bits per heavy atom. The molecule has 0 saturated heterocycles. The van der Waals surface area contributed by atoms with E-state index in [1.54, 1.807) is 31.4 Å². The molecular weight excluding hydrogens is 380 g/mol. The van der Waals surface area contributed by atoms with E-state index in [1.807, 2.05) is 12.1 Å². The van der Waals surface area contributed by atoms with Crippen LogP contribution in [0.25, 0.3) is 0 Å². The number of nitrogens with two attached hydrogens (primary N) is 1. The Balaban J connectivity index is 1.46. The smallest absolute Gasteiger partial charge is 0.338 e.